The summed E-state index contributed by atoms with van der Waals surface area (Å²) in [5, 5.41) is 4.51. The van der Waals surface area contributed by atoms with Crippen molar-refractivity contribution >= 4 is 11.6 Å². The van der Waals surface area contributed by atoms with Gasteiger partial charge in [0, 0.05) is 23.9 Å². The van der Waals surface area contributed by atoms with E-state index in [-0.39, 0.29) is 18.0 Å². The molecule has 0 N–H and O–H groups in total. The summed E-state index contributed by atoms with van der Waals surface area (Å²) in [6, 6.07) is 15.5. The van der Waals surface area contributed by atoms with Gasteiger partial charge in [-0.1, -0.05) is 35.4 Å². The van der Waals surface area contributed by atoms with Crippen LogP contribution in [0.4, 0.5) is 5.69 Å². The van der Waals surface area contributed by atoms with Crippen LogP contribution in [0, 0.1) is 20.8 Å². The van der Waals surface area contributed by atoms with Crippen LogP contribution in [0.3, 0.4) is 0 Å². The zero-order valence-electron chi connectivity index (χ0n) is 17.1. The highest BCUT2D eigenvalue weighted by Gasteiger charge is 2.23. The van der Waals surface area contributed by atoms with Crippen molar-refractivity contribution in [3.63, 3.8) is 0 Å². The van der Waals surface area contributed by atoms with Crippen LogP contribution in [0.2, 0.25) is 0 Å². The van der Waals surface area contributed by atoms with Crippen LogP contribution in [0.15, 0.2) is 53.3 Å². The van der Waals surface area contributed by atoms with E-state index in [1.54, 1.807) is 11.0 Å². The molecule has 3 aromatic rings. The molecule has 29 heavy (non-hydrogen) atoms. The summed E-state index contributed by atoms with van der Waals surface area (Å²) in [6.07, 6.45) is 1.90. The van der Waals surface area contributed by atoms with Crippen LogP contribution in [0.25, 0.3) is 11.3 Å². The summed E-state index contributed by atoms with van der Waals surface area (Å²) in [6.45, 7) is 6.70. The van der Waals surface area contributed by atoms with Crippen molar-refractivity contribution < 1.29 is 4.79 Å². The number of aryl methyl sites for hydroxylation is 4. The van der Waals surface area contributed by atoms with Gasteiger partial charge >= 0.3 is 0 Å². The minimum Gasteiger partial charge on any atom is -0.311 e. The number of aromatic nitrogens is 2. The van der Waals surface area contributed by atoms with Gasteiger partial charge < -0.3 is 4.90 Å². The molecule has 1 aliphatic heterocycles. The Labute approximate surface area is 170 Å². The molecule has 1 aliphatic rings. The number of benzene rings is 2. The first kappa shape index (κ1) is 19.1. The third-order valence-corrected chi connectivity index (χ3v) is 5.48. The van der Waals surface area contributed by atoms with Gasteiger partial charge in [0.05, 0.1) is 5.69 Å². The zero-order chi connectivity index (χ0) is 20.5. The highest BCUT2D eigenvalue weighted by atomic mass is 16.2. The van der Waals surface area contributed by atoms with Crippen molar-refractivity contribution in [3.8, 4) is 11.3 Å². The van der Waals surface area contributed by atoms with Gasteiger partial charge in [-0.2, -0.15) is 5.10 Å². The number of anilines is 1. The Morgan fingerprint density at radius 2 is 1.76 bits per heavy atom. The van der Waals surface area contributed by atoms with E-state index in [4.69, 9.17) is 0 Å². The smallest absolute Gasteiger partial charge is 0.267 e. The van der Waals surface area contributed by atoms with Crippen molar-refractivity contribution in [1.82, 2.24) is 9.78 Å². The predicted molar refractivity (Wildman–Crippen MR) is 115 cm³/mol. The molecule has 0 unspecified atom stereocenters. The molecule has 0 saturated carbocycles. The van der Waals surface area contributed by atoms with Crippen LogP contribution in [0.1, 0.15) is 28.7 Å². The number of hydrogen-bond acceptors (Lipinski definition) is 3. The molecular weight excluding hydrogens is 362 g/mol. The number of hydrogen-bond donors (Lipinski definition) is 0. The maximum Gasteiger partial charge on any atom is 0.267 e. The molecule has 5 nitrogen and oxygen atoms in total. The lowest BCUT2D eigenvalue weighted by Gasteiger charge is -2.30. The Balaban J connectivity index is 1.65. The minimum atomic E-state index is -0.270. The highest BCUT2D eigenvalue weighted by molar-refractivity contribution is 5.94. The summed E-state index contributed by atoms with van der Waals surface area (Å²) in [4.78, 5) is 27.2. The second kappa shape index (κ2) is 7.66. The van der Waals surface area contributed by atoms with Gasteiger partial charge in [-0.15, -0.1) is 0 Å². The normalized spacial score (nSPS) is 13.3. The minimum absolute atomic E-state index is 0.0646. The number of amides is 1. The van der Waals surface area contributed by atoms with E-state index < -0.39 is 0 Å². The molecule has 148 valence electrons. The number of fused-ring (bicyclic) bond motifs is 1. The SMILES string of the molecule is Cc1ccc2c(c1)CCCN2C(=O)Cn1nc(-c2cc(C)ccc2C)ccc1=O. The third-order valence-electron chi connectivity index (χ3n) is 5.48. The fourth-order valence-electron chi connectivity index (χ4n) is 3.92. The lowest BCUT2D eigenvalue weighted by Crippen LogP contribution is -2.40. The molecule has 4 rings (SSSR count). The average Bonchev–Trinajstić information content (AvgIpc) is 2.70. The molecule has 2 heterocycles. The molecule has 0 saturated heterocycles. The van der Waals surface area contributed by atoms with Crippen molar-refractivity contribution in [2.24, 2.45) is 0 Å². The fraction of sp³-hybridized carbons (Fsp3) is 0.292. The van der Waals surface area contributed by atoms with E-state index in [0.717, 1.165) is 35.2 Å². The second-order valence-electron chi connectivity index (χ2n) is 7.81. The van der Waals surface area contributed by atoms with E-state index in [2.05, 4.69) is 24.2 Å². The van der Waals surface area contributed by atoms with Crippen molar-refractivity contribution in [1.29, 1.82) is 0 Å². The van der Waals surface area contributed by atoms with Crippen molar-refractivity contribution in [2.45, 2.75) is 40.2 Å². The first-order chi connectivity index (χ1) is 13.9. The molecule has 1 aromatic heterocycles. The second-order valence-corrected chi connectivity index (χ2v) is 7.81. The van der Waals surface area contributed by atoms with Crippen LogP contribution < -0.4 is 10.5 Å². The molecule has 0 bridgehead atoms. The van der Waals surface area contributed by atoms with Gasteiger partial charge in [0.15, 0.2) is 0 Å². The van der Waals surface area contributed by atoms with E-state index >= 15 is 0 Å². The summed E-state index contributed by atoms with van der Waals surface area (Å²) < 4.78 is 1.28. The van der Waals surface area contributed by atoms with Gasteiger partial charge in [0.2, 0.25) is 5.91 Å². The highest BCUT2D eigenvalue weighted by Crippen LogP contribution is 2.28. The summed E-state index contributed by atoms with van der Waals surface area (Å²) in [5.74, 6) is -0.109. The predicted octanol–water partition coefficient (Wildman–Crippen LogP) is 3.81. The zero-order valence-corrected chi connectivity index (χ0v) is 17.1. The van der Waals surface area contributed by atoms with Crippen LogP contribution >= 0.6 is 0 Å². The Kier molecular flexibility index (Phi) is 5.05. The number of carbonyl (C=O) groups excluding carboxylic acids is 1. The maximum absolute atomic E-state index is 13.1. The molecule has 0 atom stereocenters. The van der Waals surface area contributed by atoms with Crippen LogP contribution in [0.5, 0.6) is 0 Å². The molecule has 5 heteroatoms. The Morgan fingerprint density at radius 3 is 2.59 bits per heavy atom. The molecule has 0 fully saturated rings. The molecule has 1 amide bonds. The van der Waals surface area contributed by atoms with Gasteiger partial charge in [-0.3, -0.25) is 9.59 Å². The van der Waals surface area contributed by atoms with E-state index in [1.807, 2.05) is 38.1 Å². The van der Waals surface area contributed by atoms with E-state index in [9.17, 15) is 9.59 Å². The lowest BCUT2D eigenvalue weighted by atomic mass is 9.99. The Bertz CT molecular complexity index is 1150. The fourth-order valence-corrected chi connectivity index (χ4v) is 3.92. The molecule has 0 aliphatic carbocycles. The van der Waals surface area contributed by atoms with Crippen molar-refractivity contribution in [3.05, 3.63) is 81.1 Å². The number of rotatable bonds is 3. The number of carbonyl (C=O) groups is 1. The Morgan fingerprint density at radius 1 is 1.00 bits per heavy atom. The van der Waals surface area contributed by atoms with Gasteiger partial charge in [-0.25, -0.2) is 4.68 Å². The largest absolute Gasteiger partial charge is 0.311 e. The first-order valence-corrected chi connectivity index (χ1v) is 9.98. The monoisotopic (exact) mass is 387 g/mol. The molecular formula is C24H25N3O2. The Hall–Kier alpha value is -3.21. The van der Waals surface area contributed by atoms with Crippen LogP contribution in [-0.2, 0) is 17.8 Å². The van der Waals surface area contributed by atoms with Gasteiger partial charge in [-0.05, 0) is 62.9 Å². The lowest BCUT2D eigenvalue weighted by molar-refractivity contribution is -0.119. The topological polar surface area (TPSA) is 55.2 Å². The third kappa shape index (κ3) is 3.86. The van der Waals surface area contributed by atoms with Crippen molar-refractivity contribution in [2.75, 3.05) is 11.4 Å². The number of nitrogens with zero attached hydrogens (tertiary/aromatic N) is 3. The van der Waals surface area contributed by atoms with Gasteiger partial charge in [0.25, 0.3) is 5.56 Å². The molecule has 0 radical (unpaired) electrons. The van der Waals surface area contributed by atoms with Gasteiger partial charge in [0.1, 0.15) is 6.54 Å². The quantitative estimate of drug-likeness (QED) is 0.687. The summed E-state index contributed by atoms with van der Waals surface area (Å²) in [5.41, 5.74) is 6.95. The average molecular weight is 387 g/mol. The molecule has 2 aromatic carbocycles. The standard InChI is InChI=1S/C24H25N3O2/c1-16-7-10-22-19(13-16)5-4-12-26(22)24(29)15-27-23(28)11-9-21(25-27)20-14-17(2)6-8-18(20)3/h6-11,13-14H,4-5,12,15H2,1-3H3. The van der Waals surface area contributed by atoms with E-state index in [1.165, 1.54) is 21.9 Å². The molecule has 0 spiro atoms. The summed E-state index contributed by atoms with van der Waals surface area (Å²) >= 11 is 0. The maximum atomic E-state index is 13.1. The first-order valence-electron chi connectivity index (χ1n) is 9.98. The summed E-state index contributed by atoms with van der Waals surface area (Å²) in [7, 11) is 0. The van der Waals surface area contributed by atoms with Crippen LogP contribution in [-0.4, -0.2) is 22.2 Å². The van der Waals surface area contributed by atoms with E-state index in [0.29, 0.717) is 12.2 Å².